The normalized spacial score (nSPS) is 11.4. The first kappa shape index (κ1) is 27.6. The molecule has 39 heavy (non-hydrogen) atoms. The van der Waals surface area contributed by atoms with Crippen LogP contribution in [-0.2, 0) is 19.3 Å². The van der Waals surface area contributed by atoms with Gasteiger partial charge in [-0.3, -0.25) is 0 Å². The van der Waals surface area contributed by atoms with Crippen LogP contribution in [0.5, 0.6) is 0 Å². The monoisotopic (exact) mass is 558 g/mol. The summed E-state index contributed by atoms with van der Waals surface area (Å²) in [7, 11) is 0. The lowest BCUT2D eigenvalue weighted by Crippen LogP contribution is -2.44. The fraction of sp³-hybridized carbons (Fsp3) is 0.185. The summed E-state index contributed by atoms with van der Waals surface area (Å²) in [5.74, 6) is -1.26. The van der Waals surface area contributed by atoms with Crippen molar-refractivity contribution in [3.05, 3.63) is 121 Å². The second kappa shape index (κ2) is 11.2. The lowest BCUT2D eigenvalue weighted by Gasteiger charge is -2.25. The molecule has 1 N–H and O–H groups in total. The SMILES string of the molecule is CCN(Cc1ccccc1)c1nc(=O)n(Cc2ccc(C(F)(F)F)cc2)c(=O)n1-c1ccc(C(=O)O)c(Cl)c1. The topological polar surface area (TPSA) is 97.4 Å². The predicted octanol–water partition coefficient (Wildman–Crippen LogP) is 4.84. The Morgan fingerprint density at radius 1 is 1.00 bits per heavy atom. The minimum atomic E-state index is -4.53. The van der Waals surface area contributed by atoms with E-state index >= 15 is 0 Å². The molecule has 12 heteroatoms. The molecular formula is C27H22ClF3N4O4. The van der Waals surface area contributed by atoms with Crippen LogP contribution < -0.4 is 16.3 Å². The van der Waals surface area contributed by atoms with E-state index in [1.54, 1.807) is 4.90 Å². The van der Waals surface area contributed by atoms with Gasteiger partial charge in [-0.2, -0.15) is 18.2 Å². The number of rotatable bonds is 8. The third-order valence-electron chi connectivity index (χ3n) is 5.99. The Morgan fingerprint density at radius 3 is 2.23 bits per heavy atom. The van der Waals surface area contributed by atoms with Crippen molar-refractivity contribution in [3.8, 4) is 5.69 Å². The zero-order valence-electron chi connectivity index (χ0n) is 20.5. The average Bonchev–Trinajstić information content (AvgIpc) is 2.89. The lowest BCUT2D eigenvalue weighted by molar-refractivity contribution is -0.137. The zero-order chi connectivity index (χ0) is 28.3. The predicted molar refractivity (Wildman–Crippen MR) is 140 cm³/mol. The number of hydrogen-bond donors (Lipinski definition) is 1. The van der Waals surface area contributed by atoms with E-state index in [1.165, 1.54) is 30.3 Å². The number of carbonyl (C=O) groups is 1. The van der Waals surface area contributed by atoms with Crippen LogP contribution in [0.15, 0.2) is 82.4 Å². The highest BCUT2D eigenvalue weighted by atomic mass is 35.5. The van der Waals surface area contributed by atoms with Gasteiger partial charge in [0.15, 0.2) is 0 Å². The van der Waals surface area contributed by atoms with Crippen molar-refractivity contribution in [2.24, 2.45) is 0 Å². The van der Waals surface area contributed by atoms with Crippen molar-refractivity contribution in [2.45, 2.75) is 26.2 Å². The number of benzene rings is 3. The molecule has 1 aromatic heterocycles. The summed E-state index contributed by atoms with van der Waals surface area (Å²) in [5.41, 5.74) is -1.45. The quantitative estimate of drug-likeness (QED) is 0.332. The lowest BCUT2D eigenvalue weighted by atomic mass is 10.1. The van der Waals surface area contributed by atoms with Crippen LogP contribution in [0.4, 0.5) is 19.1 Å². The molecule has 0 saturated carbocycles. The smallest absolute Gasteiger partial charge is 0.416 e. The Labute approximate surface area is 225 Å². The van der Waals surface area contributed by atoms with Crippen LogP contribution in [0.1, 0.15) is 34.0 Å². The van der Waals surface area contributed by atoms with Gasteiger partial charge in [-0.05, 0) is 48.4 Å². The highest BCUT2D eigenvalue weighted by Crippen LogP contribution is 2.29. The maximum Gasteiger partial charge on any atom is 0.416 e. The van der Waals surface area contributed by atoms with E-state index in [-0.39, 0.29) is 34.3 Å². The molecule has 1 heterocycles. The fourth-order valence-corrected chi connectivity index (χ4v) is 4.24. The summed E-state index contributed by atoms with van der Waals surface area (Å²) in [4.78, 5) is 44.2. The number of hydrogen-bond acceptors (Lipinski definition) is 5. The van der Waals surface area contributed by atoms with Crippen LogP contribution in [0.25, 0.3) is 5.69 Å². The third-order valence-corrected chi connectivity index (χ3v) is 6.31. The van der Waals surface area contributed by atoms with Crippen molar-refractivity contribution in [3.63, 3.8) is 0 Å². The molecule has 0 spiro atoms. The van der Waals surface area contributed by atoms with Gasteiger partial charge in [0.1, 0.15) is 0 Å². The minimum absolute atomic E-state index is 0.000774. The highest BCUT2D eigenvalue weighted by Gasteiger charge is 2.30. The summed E-state index contributed by atoms with van der Waals surface area (Å²) in [6.07, 6.45) is -4.53. The van der Waals surface area contributed by atoms with Crippen molar-refractivity contribution in [1.29, 1.82) is 0 Å². The number of anilines is 1. The van der Waals surface area contributed by atoms with Gasteiger partial charge in [0, 0.05) is 13.1 Å². The molecule has 0 aliphatic carbocycles. The van der Waals surface area contributed by atoms with Gasteiger partial charge in [0.2, 0.25) is 5.95 Å². The number of aromatic carboxylic acids is 1. The summed E-state index contributed by atoms with van der Waals surface area (Å²) < 4.78 is 40.8. The van der Waals surface area contributed by atoms with Gasteiger partial charge in [-0.1, -0.05) is 54.1 Å². The van der Waals surface area contributed by atoms with Crippen molar-refractivity contribution in [2.75, 3.05) is 11.4 Å². The van der Waals surface area contributed by atoms with Gasteiger partial charge in [0.05, 0.1) is 28.4 Å². The Bertz CT molecular complexity index is 1620. The molecule has 0 bridgehead atoms. The van der Waals surface area contributed by atoms with Gasteiger partial charge < -0.3 is 10.0 Å². The van der Waals surface area contributed by atoms with Gasteiger partial charge in [-0.25, -0.2) is 23.5 Å². The van der Waals surface area contributed by atoms with E-state index in [0.29, 0.717) is 13.1 Å². The summed E-state index contributed by atoms with van der Waals surface area (Å²) in [6.45, 7) is 2.13. The maximum atomic E-state index is 13.8. The summed E-state index contributed by atoms with van der Waals surface area (Å²) >= 11 is 6.18. The van der Waals surface area contributed by atoms with Crippen LogP contribution in [-0.4, -0.2) is 31.7 Å². The first-order valence-electron chi connectivity index (χ1n) is 11.7. The molecule has 0 radical (unpaired) electrons. The van der Waals surface area contributed by atoms with Gasteiger partial charge in [0.25, 0.3) is 0 Å². The molecule has 0 atom stereocenters. The molecule has 0 aliphatic rings. The maximum absolute atomic E-state index is 13.8. The Balaban J connectivity index is 1.87. The molecule has 0 aliphatic heterocycles. The molecule has 0 saturated heterocycles. The van der Waals surface area contributed by atoms with Crippen molar-refractivity contribution >= 4 is 23.5 Å². The standard InChI is InChI=1S/C27H22ClF3N4O4/c1-2-33(15-17-6-4-3-5-7-17)24-32-25(38)34(16-18-8-10-19(11-9-18)27(29,30)31)26(39)35(24)20-12-13-21(23(36)37)22(28)14-20/h3-14H,2,15-16H2,1H3,(H,36,37). The van der Waals surface area contributed by atoms with Gasteiger partial charge in [-0.15, -0.1) is 0 Å². The molecule has 0 unspecified atom stereocenters. The van der Waals surface area contributed by atoms with E-state index < -0.39 is 29.1 Å². The first-order valence-corrected chi connectivity index (χ1v) is 12.1. The summed E-state index contributed by atoms with van der Waals surface area (Å²) in [5, 5.41) is 9.22. The van der Waals surface area contributed by atoms with E-state index in [9.17, 15) is 32.7 Å². The van der Waals surface area contributed by atoms with E-state index in [2.05, 4.69) is 4.98 Å². The van der Waals surface area contributed by atoms with Crippen LogP contribution in [0.3, 0.4) is 0 Å². The first-order chi connectivity index (χ1) is 18.5. The Morgan fingerprint density at radius 2 is 1.67 bits per heavy atom. The number of aromatic nitrogens is 3. The second-order valence-corrected chi connectivity index (χ2v) is 8.97. The van der Waals surface area contributed by atoms with Crippen molar-refractivity contribution in [1.82, 2.24) is 14.1 Å². The molecule has 4 rings (SSSR count). The summed E-state index contributed by atoms with van der Waals surface area (Å²) in [6, 6.07) is 17.2. The molecule has 202 valence electrons. The Kier molecular flexibility index (Phi) is 7.91. The van der Waals surface area contributed by atoms with Gasteiger partial charge >= 0.3 is 23.5 Å². The Hall–Kier alpha value is -4.38. The zero-order valence-corrected chi connectivity index (χ0v) is 21.3. The van der Waals surface area contributed by atoms with E-state index in [1.807, 2.05) is 37.3 Å². The number of nitrogens with zero attached hydrogens (tertiary/aromatic N) is 4. The number of carboxylic acids is 1. The van der Waals surface area contributed by atoms with Crippen LogP contribution in [0.2, 0.25) is 5.02 Å². The van der Waals surface area contributed by atoms with Crippen molar-refractivity contribution < 1.29 is 23.1 Å². The molecule has 0 amide bonds. The number of alkyl halides is 3. The number of carboxylic acid groups (broad SMARTS) is 1. The molecule has 4 aromatic rings. The minimum Gasteiger partial charge on any atom is -0.478 e. The second-order valence-electron chi connectivity index (χ2n) is 8.56. The fourth-order valence-electron chi connectivity index (χ4n) is 3.98. The largest absolute Gasteiger partial charge is 0.478 e. The average molecular weight is 559 g/mol. The molecule has 8 nitrogen and oxygen atoms in total. The molecular weight excluding hydrogens is 537 g/mol. The number of halogens is 4. The van der Waals surface area contributed by atoms with Crippen LogP contribution in [0, 0.1) is 0 Å². The van der Waals surface area contributed by atoms with E-state index in [4.69, 9.17) is 11.6 Å². The van der Waals surface area contributed by atoms with Crippen LogP contribution >= 0.6 is 11.6 Å². The molecule has 0 fully saturated rings. The highest BCUT2D eigenvalue weighted by molar-refractivity contribution is 6.33. The molecule has 3 aromatic carbocycles. The third kappa shape index (κ3) is 6.04. The van der Waals surface area contributed by atoms with E-state index in [0.717, 1.165) is 26.8 Å².